The number of nitrogens with zero attached hydrogens (tertiary/aromatic N) is 7. The molecular weight excluding hydrogens is 322 g/mol. The van der Waals surface area contributed by atoms with Crippen molar-refractivity contribution in [1.29, 1.82) is 0 Å². The quantitative estimate of drug-likeness (QED) is 0.521. The third-order valence-electron chi connectivity index (χ3n) is 3.94. The summed E-state index contributed by atoms with van der Waals surface area (Å²) in [4.78, 5) is 8.98. The van der Waals surface area contributed by atoms with Gasteiger partial charge in [-0.15, -0.1) is 10.2 Å². The number of benzene rings is 1. The highest BCUT2D eigenvalue weighted by molar-refractivity contribution is 7.98. The van der Waals surface area contributed by atoms with Gasteiger partial charge in [0.1, 0.15) is 17.7 Å². The number of aromatic nitrogens is 7. The Balaban J connectivity index is 1.75. The molecule has 3 heterocycles. The number of fused-ring (bicyclic) bond motifs is 3. The van der Waals surface area contributed by atoms with E-state index < -0.39 is 0 Å². The van der Waals surface area contributed by atoms with Crippen LogP contribution >= 0.6 is 11.8 Å². The molecule has 0 saturated heterocycles. The van der Waals surface area contributed by atoms with Gasteiger partial charge in [-0.25, -0.2) is 9.97 Å². The van der Waals surface area contributed by atoms with Gasteiger partial charge in [0, 0.05) is 19.0 Å². The first-order valence-electron chi connectivity index (χ1n) is 7.85. The summed E-state index contributed by atoms with van der Waals surface area (Å²) in [6, 6.07) is 8.26. The molecule has 8 heteroatoms. The van der Waals surface area contributed by atoms with Crippen LogP contribution in [0, 0.1) is 0 Å². The van der Waals surface area contributed by atoms with Crippen molar-refractivity contribution in [2.75, 3.05) is 0 Å². The van der Waals surface area contributed by atoms with E-state index in [1.54, 1.807) is 11.0 Å². The molecule has 0 N–H and O–H groups in total. The number of hydrogen-bond donors (Lipinski definition) is 0. The molecule has 7 nitrogen and oxygen atoms in total. The lowest BCUT2D eigenvalue weighted by atomic mass is 10.2. The summed E-state index contributed by atoms with van der Waals surface area (Å²) in [5.41, 5.74) is 2.92. The maximum Gasteiger partial charge on any atom is 0.211 e. The highest BCUT2D eigenvalue weighted by atomic mass is 32.2. The molecule has 4 rings (SSSR count). The topological polar surface area (TPSA) is 74.3 Å². The minimum atomic E-state index is 0.658. The van der Waals surface area contributed by atoms with Crippen LogP contribution in [0.25, 0.3) is 22.1 Å². The molecule has 0 unspecified atom stereocenters. The van der Waals surface area contributed by atoms with Crippen LogP contribution in [0.4, 0.5) is 0 Å². The summed E-state index contributed by atoms with van der Waals surface area (Å²) in [5, 5.41) is 14.6. The van der Waals surface area contributed by atoms with Crippen LogP contribution < -0.4 is 0 Å². The van der Waals surface area contributed by atoms with E-state index in [0.717, 1.165) is 40.9 Å². The van der Waals surface area contributed by atoms with E-state index in [1.807, 2.05) is 19.2 Å². The second-order valence-corrected chi connectivity index (χ2v) is 6.47. The van der Waals surface area contributed by atoms with Crippen molar-refractivity contribution in [1.82, 2.24) is 34.5 Å². The van der Waals surface area contributed by atoms with E-state index in [-0.39, 0.29) is 0 Å². The summed E-state index contributed by atoms with van der Waals surface area (Å²) in [6.07, 6.45) is 2.59. The van der Waals surface area contributed by atoms with Crippen molar-refractivity contribution in [3.8, 4) is 0 Å². The molecule has 0 fully saturated rings. The van der Waals surface area contributed by atoms with Crippen LogP contribution in [0.5, 0.6) is 0 Å². The molecule has 0 atom stereocenters. The van der Waals surface area contributed by atoms with Crippen LogP contribution in [0.15, 0.2) is 35.7 Å². The van der Waals surface area contributed by atoms with Gasteiger partial charge in [-0.05, 0) is 12.5 Å². The van der Waals surface area contributed by atoms with Gasteiger partial charge in [-0.3, -0.25) is 4.68 Å². The van der Waals surface area contributed by atoms with Gasteiger partial charge < -0.3 is 4.57 Å². The molecule has 0 aliphatic rings. The van der Waals surface area contributed by atoms with Gasteiger partial charge in [-0.1, -0.05) is 36.9 Å². The van der Waals surface area contributed by atoms with Crippen LogP contribution in [-0.4, -0.2) is 34.5 Å². The Morgan fingerprint density at radius 2 is 2.04 bits per heavy atom. The van der Waals surface area contributed by atoms with E-state index in [9.17, 15) is 0 Å². The minimum Gasteiger partial charge on any atom is -0.324 e. The largest absolute Gasteiger partial charge is 0.324 e. The molecule has 0 saturated carbocycles. The Morgan fingerprint density at radius 3 is 2.83 bits per heavy atom. The fourth-order valence-corrected chi connectivity index (χ4v) is 3.55. The predicted octanol–water partition coefficient (Wildman–Crippen LogP) is 2.81. The highest BCUT2D eigenvalue weighted by Crippen LogP contribution is 2.27. The lowest BCUT2D eigenvalue weighted by Crippen LogP contribution is -2.01. The van der Waals surface area contributed by atoms with E-state index >= 15 is 0 Å². The van der Waals surface area contributed by atoms with Crippen molar-refractivity contribution >= 4 is 33.8 Å². The van der Waals surface area contributed by atoms with Gasteiger partial charge in [-0.2, -0.15) is 5.10 Å². The lowest BCUT2D eigenvalue weighted by Gasteiger charge is -2.04. The Hall–Kier alpha value is -2.48. The molecule has 0 spiro atoms. The SMILES string of the molecule is CCCn1c2ccccc2c2nnc(SCc3ncnn3C)nc21. The molecule has 0 aliphatic heterocycles. The van der Waals surface area contributed by atoms with E-state index in [2.05, 4.69) is 43.9 Å². The van der Waals surface area contributed by atoms with Crippen molar-refractivity contribution < 1.29 is 0 Å². The zero-order valence-electron chi connectivity index (χ0n) is 13.5. The number of hydrogen-bond acceptors (Lipinski definition) is 6. The third kappa shape index (κ3) is 2.52. The molecule has 0 bridgehead atoms. The number of para-hydroxylation sites is 1. The Bertz CT molecular complexity index is 1000. The zero-order valence-corrected chi connectivity index (χ0v) is 14.4. The van der Waals surface area contributed by atoms with Crippen LogP contribution in [-0.2, 0) is 19.3 Å². The maximum absolute atomic E-state index is 4.75. The fraction of sp³-hybridized carbons (Fsp3) is 0.312. The smallest absolute Gasteiger partial charge is 0.211 e. The van der Waals surface area contributed by atoms with Crippen molar-refractivity contribution in [2.45, 2.75) is 30.8 Å². The second kappa shape index (κ2) is 6.20. The standard InChI is InChI=1S/C16H17N7S/c1-3-8-23-12-7-5-4-6-11(12)14-15(23)19-16(21-20-14)24-9-13-17-10-18-22(13)2/h4-7,10H,3,8-9H2,1-2H3. The number of thioether (sulfide) groups is 1. The Labute approximate surface area is 143 Å². The second-order valence-electron chi connectivity index (χ2n) is 5.52. The number of aryl methyl sites for hydroxylation is 2. The van der Waals surface area contributed by atoms with Gasteiger partial charge in [0.05, 0.1) is 11.3 Å². The molecule has 0 amide bonds. The highest BCUT2D eigenvalue weighted by Gasteiger charge is 2.14. The predicted molar refractivity (Wildman–Crippen MR) is 93.7 cm³/mol. The van der Waals surface area contributed by atoms with Crippen LogP contribution in [0.1, 0.15) is 19.2 Å². The first kappa shape index (κ1) is 15.1. The van der Waals surface area contributed by atoms with Gasteiger partial charge in [0.2, 0.25) is 5.16 Å². The first-order valence-corrected chi connectivity index (χ1v) is 8.84. The summed E-state index contributed by atoms with van der Waals surface area (Å²) in [6.45, 7) is 3.08. The summed E-state index contributed by atoms with van der Waals surface area (Å²) in [7, 11) is 1.88. The minimum absolute atomic E-state index is 0.658. The van der Waals surface area contributed by atoms with Crippen molar-refractivity contribution in [3.05, 3.63) is 36.4 Å². The molecule has 24 heavy (non-hydrogen) atoms. The average Bonchev–Trinajstić information content (AvgIpc) is 3.15. The van der Waals surface area contributed by atoms with Gasteiger partial charge in [0.25, 0.3) is 0 Å². The van der Waals surface area contributed by atoms with Gasteiger partial charge >= 0.3 is 0 Å². The first-order chi connectivity index (χ1) is 11.8. The zero-order chi connectivity index (χ0) is 16.5. The van der Waals surface area contributed by atoms with Crippen molar-refractivity contribution in [3.63, 3.8) is 0 Å². The molecule has 0 radical (unpaired) electrons. The molecule has 0 aliphatic carbocycles. The summed E-state index contributed by atoms with van der Waals surface area (Å²) >= 11 is 1.52. The monoisotopic (exact) mass is 339 g/mol. The summed E-state index contributed by atoms with van der Waals surface area (Å²) in [5.74, 6) is 1.55. The normalized spacial score (nSPS) is 11.6. The lowest BCUT2D eigenvalue weighted by molar-refractivity contribution is 0.708. The van der Waals surface area contributed by atoms with E-state index in [4.69, 9.17) is 4.98 Å². The molecule has 122 valence electrons. The summed E-state index contributed by atoms with van der Waals surface area (Å²) < 4.78 is 3.98. The fourth-order valence-electron chi connectivity index (χ4n) is 2.78. The van der Waals surface area contributed by atoms with Crippen LogP contribution in [0.2, 0.25) is 0 Å². The Kier molecular flexibility index (Phi) is 3.89. The van der Waals surface area contributed by atoms with E-state index in [0.29, 0.717) is 10.9 Å². The van der Waals surface area contributed by atoms with E-state index in [1.165, 1.54) is 11.8 Å². The van der Waals surface area contributed by atoms with Crippen molar-refractivity contribution in [2.24, 2.45) is 7.05 Å². The van der Waals surface area contributed by atoms with Gasteiger partial charge in [0.15, 0.2) is 5.65 Å². The molecule has 4 aromatic rings. The maximum atomic E-state index is 4.75. The molecule has 1 aromatic carbocycles. The third-order valence-corrected chi connectivity index (χ3v) is 4.77. The molecule has 3 aromatic heterocycles. The van der Waals surface area contributed by atoms with Crippen LogP contribution in [0.3, 0.4) is 0 Å². The Morgan fingerprint density at radius 1 is 1.17 bits per heavy atom. The number of rotatable bonds is 5. The average molecular weight is 339 g/mol. The molecular formula is C16H17N7S.